The lowest BCUT2D eigenvalue weighted by atomic mass is 10.1. The molecule has 20 heavy (non-hydrogen) atoms. The van der Waals surface area contributed by atoms with Gasteiger partial charge in [-0.1, -0.05) is 12.1 Å². The number of aliphatic carboxylic acids is 1. The van der Waals surface area contributed by atoms with Gasteiger partial charge in [-0.2, -0.15) is 0 Å². The minimum atomic E-state index is -0.941. The van der Waals surface area contributed by atoms with E-state index in [2.05, 4.69) is 0 Å². The van der Waals surface area contributed by atoms with Crippen LogP contribution in [0.1, 0.15) is 18.4 Å². The van der Waals surface area contributed by atoms with Crippen molar-refractivity contribution in [2.45, 2.75) is 30.3 Å². The van der Waals surface area contributed by atoms with Crippen LogP contribution in [-0.4, -0.2) is 41.2 Å². The van der Waals surface area contributed by atoms with Crippen LogP contribution in [0.3, 0.4) is 0 Å². The highest BCUT2D eigenvalue weighted by Gasteiger charge is 2.18. The lowest BCUT2D eigenvalue weighted by Crippen LogP contribution is -2.41. The minimum Gasteiger partial charge on any atom is -0.481 e. The number of amides is 1. The van der Waals surface area contributed by atoms with Gasteiger partial charge >= 0.3 is 5.97 Å². The zero-order valence-electron chi connectivity index (χ0n) is 11.7. The second-order valence-electron chi connectivity index (χ2n) is 4.58. The molecule has 0 heterocycles. The first-order valence-electron chi connectivity index (χ1n) is 6.29. The molecule has 0 saturated carbocycles. The molecule has 1 amide bonds. The van der Waals surface area contributed by atoms with E-state index < -0.39 is 12.0 Å². The first-order valence-corrected chi connectivity index (χ1v) is 7.51. The van der Waals surface area contributed by atoms with Gasteiger partial charge in [-0.15, -0.1) is 11.8 Å². The van der Waals surface area contributed by atoms with Gasteiger partial charge in [0.2, 0.25) is 5.91 Å². The number of carboxylic acid groups (broad SMARTS) is 1. The summed E-state index contributed by atoms with van der Waals surface area (Å²) < 4.78 is 0. The molecule has 3 N–H and O–H groups in total. The van der Waals surface area contributed by atoms with E-state index >= 15 is 0 Å². The van der Waals surface area contributed by atoms with E-state index in [1.807, 2.05) is 30.5 Å². The van der Waals surface area contributed by atoms with E-state index in [1.54, 1.807) is 18.8 Å². The van der Waals surface area contributed by atoms with Gasteiger partial charge in [-0.25, -0.2) is 0 Å². The first-order chi connectivity index (χ1) is 9.43. The van der Waals surface area contributed by atoms with Crippen LogP contribution in [0.25, 0.3) is 0 Å². The van der Waals surface area contributed by atoms with Crippen molar-refractivity contribution in [3.63, 3.8) is 0 Å². The molecule has 0 fully saturated rings. The molecule has 0 saturated heterocycles. The van der Waals surface area contributed by atoms with Crippen LogP contribution < -0.4 is 5.73 Å². The molecule has 1 unspecified atom stereocenters. The second kappa shape index (κ2) is 7.91. The summed E-state index contributed by atoms with van der Waals surface area (Å²) in [6.45, 7) is 0.467. The van der Waals surface area contributed by atoms with Crippen molar-refractivity contribution in [1.29, 1.82) is 0 Å². The van der Waals surface area contributed by atoms with Crippen LogP contribution in [-0.2, 0) is 16.1 Å². The van der Waals surface area contributed by atoms with E-state index in [0.717, 1.165) is 5.56 Å². The van der Waals surface area contributed by atoms with Crippen molar-refractivity contribution in [2.75, 3.05) is 13.3 Å². The van der Waals surface area contributed by atoms with Crippen molar-refractivity contribution in [3.05, 3.63) is 29.8 Å². The summed E-state index contributed by atoms with van der Waals surface area (Å²) in [5, 5.41) is 8.58. The number of hydrogen-bond acceptors (Lipinski definition) is 4. The molecule has 0 aliphatic heterocycles. The highest BCUT2D eigenvalue weighted by molar-refractivity contribution is 7.98. The van der Waals surface area contributed by atoms with Gasteiger partial charge in [0.05, 0.1) is 6.04 Å². The number of rotatable bonds is 7. The number of carbonyl (C=O) groups excluding carboxylic acids is 1. The quantitative estimate of drug-likeness (QED) is 0.746. The number of nitrogens with zero attached hydrogens (tertiary/aromatic N) is 1. The molecule has 1 atom stereocenters. The Morgan fingerprint density at radius 1 is 1.35 bits per heavy atom. The zero-order valence-corrected chi connectivity index (χ0v) is 12.5. The number of likely N-dealkylation sites (N-methyl/N-ethyl adjacent to an activating group) is 1. The van der Waals surface area contributed by atoms with Gasteiger partial charge < -0.3 is 15.7 Å². The Balaban J connectivity index is 2.53. The smallest absolute Gasteiger partial charge is 0.303 e. The van der Waals surface area contributed by atoms with Crippen LogP contribution >= 0.6 is 11.8 Å². The largest absolute Gasteiger partial charge is 0.481 e. The fourth-order valence-electron chi connectivity index (χ4n) is 1.77. The van der Waals surface area contributed by atoms with Gasteiger partial charge in [0.1, 0.15) is 0 Å². The molecule has 0 radical (unpaired) electrons. The lowest BCUT2D eigenvalue weighted by molar-refractivity contribution is -0.137. The van der Waals surface area contributed by atoms with Crippen molar-refractivity contribution in [1.82, 2.24) is 4.90 Å². The van der Waals surface area contributed by atoms with Crippen LogP contribution in [0.15, 0.2) is 29.2 Å². The summed E-state index contributed by atoms with van der Waals surface area (Å²) in [4.78, 5) is 25.1. The highest BCUT2D eigenvalue weighted by atomic mass is 32.2. The van der Waals surface area contributed by atoms with E-state index in [-0.39, 0.29) is 18.7 Å². The van der Waals surface area contributed by atoms with Crippen LogP contribution in [0.4, 0.5) is 0 Å². The molecule has 0 bridgehead atoms. The normalized spacial score (nSPS) is 11.9. The predicted molar refractivity (Wildman–Crippen MR) is 79.5 cm³/mol. The molecule has 0 aliphatic rings. The molecule has 1 aromatic carbocycles. The Kier molecular flexibility index (Phi) is 6.54. The number of thioether (sulfide) groups is 1. The maximum absolute atomic E-state index is 12.0. The molecule has 5 nitrogen and oxygen atoms in total. The maximum Gasteiger partial charge on any atom is 0.303 e. The highest BCUT2D eigenvalue weighted by Crippen LogP contribution is 2.15. The molecule has 6 heteroatoms. The number of nitrogens with two attached hydrogens (primary N) is 1. The molecule has 1 aromatic rings. The molecule has 0 aromatic heterocycles. The van der Waals surface area contributed by atoms with Crippen LogP contribution in [0.2, 0.25) is 0 Å². The fourth-order valence-corrected chi connectivity index (χ4v) is 2.18. The summed E-state index contributed by atoms with van der Waals surface area (Å²) in [6, 6.07) is 7.18. The number of carbonyl (C=O) groups is 2. The molecule has 110 valence electrons. The third kappa shape index (κ3) is 5.22. The topological polar surface area (TPSA) is 83.6 Å². The summed E-state index contributed by atoms with van der Waals surface area (Å²) in [7, 11) is 1.67. The lowest BCUT2D eigenvalue weighted by Gasteiger charge is -2.21. The summed E-state index contributed by atoms with van der Waals surface area (Å²) in [6.07, 6.45) is 2.07. The molecular formula is C14H20N2O3S. The Bertz CT molecular complexity index is 462. The van der Waals surface area contributed by atoms with Crippen molar-refractivity contribution < 1.29 is 14.7 Å². The summed E-state index contributed by atoms with van der Waals surface area (Å²) in [5.41, 5.74) is 6.73. The van der Waals surface area contributed by atoms with Gasteiger partial charge in [0.25, 0.3) is 0 Å². The Morgan fingerprint density at radius 3 is 2.45 bits per heavy atom. The van der Waals surface area contributed by atoms with E-state index in [1.165, 1.54) is 9.80 Å². The Labute approximate surface area is 123 Å². The third-order valence-electron chi connectivity index (χ3n) is 2.94. The van der Waals surface area contributed by atoms with Gasteiger partial charge in [0.15, 0.2) is 0 Å². The maximum atomic E-state index is 12.0. The van der Waals surface area contributed by atoms with Gasteiger partial charge in [0, 0.05) is 24.9 Å². The van der Waals surface area contributed by atoms with E-state index in [9.17, 15) is 9.59 Å². The SMILES string of the molecule is CSc1ccc(CN(C)C(=O)C(N)CCC(=O)O)cc1. The van der Waals surface area contributed by atoms with Gasteiger partial charge in [-0.05, 0) is 30.4 Å². The van der Waals surface area contributed by atoms with E-state index in [0.29, 0.717) is 6.54 Å². The van der Waals surface area contributed by atoms with Crippen LogP contribution in [0.5, 0.6) is 0 Å². The van der Waals surface area contributed by atoms with Crippen molar-refractivity contribution >= 4 is 23.6 Å². The fraction of sp³-hybridized carbons (Fsp3) is 0.429. The minimum absolute atomic E-state index is 0.0941. The Hall–Kier alpha value is -1.53. The van der Waals surface area contributed by atoms with Crippen molar-refractivity contribution in [2.24, 2.45) is 5.73 Å². The third-order valence-corrected chi connectivity index (χ3v) is 3.68. The standard InChI is InChI=1S/C14H20N2O3S/c1-16(14(19)12(15)7-8-13(17)18)9-10-3-5-11(20-2)6-4-10/h3-6,12H,7-9,15H2,1-2H3,(H,17,18). The molecular weight excluding hydrogens is 276 g/mol. The molecule has 0 aliphatic carbocycles. The summed E-state index contributed by atoms with van der Waals surface area (Å²) in [5.74, 6) is -1.18. The van der Waals surface area contributed by atoms with Gasteiger partial charge in [-0.3, -0.25) is 9.59 Å². The average Bonchev–Trinajstić information content (AvgIpc) is 2.44. The van der Waals surface area contributed by atoms with E-state index in [4.69, 9.17) is 10.8 Å². The number of benzene rings is 1. The average molecular weight is 296 g/mol. The predicted octanol–water partition coefficient (Wildman–Crippen LogP) is 1.56. The molecule has 0 spiro atoms. The Morgan fingerprint density at radius 2 is 1.95 bits per heavy atom. The number of carboxylic acids is 1. The zero-order chi connectivity index (χ0) is 15.1. The van der Waals surface area contributed by atoms with Crippen molar-refractivity contribution in [3.8, 4) is 0 Å². The second-order valence-corrected chi connectivity index (χ2v) is 5.46. The molecule has 1 rings (SSSR count). The number of hydrogen-bond donors (Lipinski definition) is 2. The summed E-state index contributed by atoms with van der Waals surface area (Å²) >= 11 is 1.66. The van der Waals surface area contributed by atoms with Crippen LogP contribution in [0, 0.1) is 0 Å². The monoisotopic (exact) mass is 296 g/mol. The first kappa shape index (κ1) is 16.5.